The van der Waals surface area contributed by atoms with Crippen molar-refractivity contribution in [1.82, 2.24) is 4.90 Å². The zero-order chi connectivity index (χ0) is 29.7. The number of nitrogens with zero attached hydrogens (tertiary/aromatic N) is 1. The van der Waals surface area contributed by atoms with Gasteiger partial charge >= 0.3 is 12.1 Å². The number of carbonyl (C=O) groups is 4. The monoisotopic (exact) mass is 615 g/mol. The molecule has 0 aliphatic carbocycles. The standard InChI is InChI=1S/C29H30ClN3O6S2/c1-29(2,3)39-28(37)33-12-11-21-22(15-33)41-26(24(21)27(36)38-4)32-23(34)16-40-20-10-6-9-19(14-20)31-25(35)17-7-5-8-18(30)13-17/h5-10,13-14H,11-12,15-16H2,1-4H3,(H,31,35)(H,32,34). The first-order valence-corrected chi connectivity index (χ1v) is 14.9. The molecule has 2 N–H and O–H groups in total. The van der Waals surface area contributed by atoms with E-state index in [1.54, 1.807) is 68.1 Å². The third-order valence-electron chi connectivity index (χ3n) is 5.90. The number of anilines is 2. The zero-order valence-electron chi connectivity index (χ0n) is 23.0. The van der Waals surface area contributed by atoms with Gasteiger partial charge in [0.25, 0.3) is 5.91 Å². The van der Waals surface area contributed by atoms with Crippen LogP contribution in [0.1, 0.15) is 51.9 Å². The molecular formula is C29H30ClN3O6S2. The Bertz CT molecular complexity index is 1480. The van der Waals surface area contributed by atoms with E-state index in [4.69, 9.17) is 21.1 Å². The third-order valence-corrected chi connectivity index (χ3v) is 8.26. The number of halogens is 1. The average molecular weight is 616 g/mol. The van der Waals surface area contributed by atoms with Crippen molar-refractivity contribution in [2.45, 2.75) is 44.2 Å². The van der Waals surface area contributed by atoms with Gasteiger partial charge in [-0.1, -0.05) is 23.7 Å². The summed E-state index contributed by atoms with van der Waals surface area (Å²) in [6.45, 7) is 6.08. The minimum Gasteiger partial charge on any atom is -0.465 e. The highest BCUT2D eigenvalue weighted by molar-refractivity contribution is 8.00. The van der Waals surface area contributed by atoms with Crippen LogP contribution in [-0.2, 0) is 27.2 Å². The predicted octanol–water partition coefficient (Wildman–Crippen LogP) is 6.46. The van der Waals surface area contributed by atoms with E-state index in [9.17, 15) is 19.2 Å². The van der Waals surface area contributed by atoms with E-state index in [0.717, 1.165) is 15.3 Å². The first kappa shape index (κ1) is 30.4. The van der Waals surface area contributed by atoms with E-state index in [0.29, 0.717) is 39.8 Å². The molecule has 3 aromatic rings. The Morgan fingerprint density at radius 2 is 1.83 bits per heavy atom. The van der Waals surface area contributed by atoms with Gasteiger partial charge in [-0.2, -0.15) is 0 Å². The number of benzene rings is 2. The van der Waals surface area contributed by atoms with Crippen LogP contribution in [0.15, 0.2) is 53.4 Å². The molecule has 3 amide bonds. The maximum absolute atomic E-state index is 12.9. The molecule has 9 nitrogen and oxygen atoms in total. The fourth-order valence-corrected chi connectivity index (χ4v) is 6.31. The predicted molar refractivity (Wildman–Crippen MR) is 161 cm³/mol. The number of thioether (sulfide) groups is 1. The molecule has 0 bridgehead atoms. The molecule has 41 heavy (non-hydrogen) atoms. The van der Waals surface area contributed by atoms with Crippen molar-refractivity contribution >= 4 is 69.3 Å². The lowest BCUT2D eigenvalue weighted by molar-refractivity contribution is -0.113. The van der Waals surface area contributed by atoms with Gasteiger partial charge in [-0.15, -0.1) is 23.1 Å². The molecule has 0 spiro atoms. The molecule has 0 radical (unpaired) electrons. The lowest BCUT2D eigenvalue weighted by Gasteiger charge is -2.30. The van der Waals surface area contributed by atoms with Crippen LogP contribution in [0.4, 0.5) is 15.5 Å². The molecular weight excluding hydrogens is 586 g/mol. The lowest BCUT2D eigenvalue weighted by Crippen LogP contribution is -2.39. The average Bonchev–Trinajstić information content (AvgIpc) is 3.27. The number of hydrogen-bond acceptors (Lipinski definition) is 8. The van der Waals surface area contributed by atoms with Gasteiger partial charge in [0.2, 0.25) is 5.91 Å². The number of amides is 3. The second-order valence-electron chi connectivity index (χ2n) is 10.2. The Morgan fingerprint density at radius 1 is 1.07 bits per heavy atom. The normalized spacial score (nSPS) is 12.8. The molecule has 0 saturated heterocycles. The summed E-state index contributed by atoms with van der Waals surface area (Å²) in [4.78, 5) is 53.9. The van der Waals surface area contributed by atoms with Crippen molar-refractivity contribution in [3.05, 3.63) is 75.1 Å². The molecule has 216 valence electrons. The molecule has 0 unspecified atom stereocenters. The molecule has 4 rings (SSSR count). The zero-order valence-corrected chi connectivity index (χ0v) is 25.4. The van der Waals surface area contributed by atoms with Gasteiger partial charge in [0, 0.05) is 32.6 Å². The number of nitrogens with one attached hydrogen (secondary N) is 2. The third kappa shape index (κ3) is 8.02. The topological polar surface area (TPSA) is 114 Å². The number of fused-ring (bicyclic) bond motifs is 1. The summed E-state index contributed by atoms with van der Waals surface area (Å²) < 4.78 is 10.5. The van der Waals surface area contributed by atoms with E-state index in [2.05, 4.69) is 10.6 Å². The number of rotatable bonds is 7. The van der Waals surface area contributed by atoms with Gasteiger partial charge in [-0.05, 0) is 69.2 Å². The summed E-state index contributed by atoms with van der Waals surface area (Å²) in [5.74, 6) is -1.08. The van der Waals surface area contributed by atoms with E-state index in [1.807, 2.05) is 6.07 Å². The smallest absolute Gasteiger partial charge is 0.410 e. The Kier molecular flexibility index (Phi) is 9.62. The highest BCUT2D eigenvalue weighted by atomic mass is 35.5. The molecule has 1 aromatic heterocycles. The summed E-state index contributed by atoms with van der Waals surface area (Å²) in [5.41, 5.74) is 1.48. The number of thiophene rings is 1. The largest absolute Gasteiger partial charge is 0.465 e. The fourth-order valence-electron chi connectivity index (χ4n) is 4.10. The van der Waals surface area contributed by atoms with Crippen molar-refractivity contribution in [2.75, 3.05) is 30.0 Å². The molecule has 0 atom stereocenters. The highest BCUT2D eigenvalue weighted by Crippen LogP contribution is 2.38. The maximum Gasteiger partial charge on any atom is 0.410 e. The van der Waals surface area contributed by atoms with Gasteiger partial charge in [0.15, 0.2) is 0 Å². The number of ether oxygens (including phenoxy) is 2. The van der Waals surface area contributed by atoms with Crippen LogP contribution in [0, 0.1) is 0 Å². The summed E-state index contributed by atoms with van der Waals surface area (Å²) in [6.07, 6.45) is 0.0116. The van der Waals surface area contributed by atoms with Gasteiger partial charge in [-0.3, -0.25) is 9.59 Å². The van der Waals surface area contributed by atoms with Gasteiger partial charge in [0.05, 0.1) is 25.0 Å². The number of hydrogen-bond donors (Lipinski definition) is 2. The molecule has 1 aliphatic heterocycles. The van der Waals surface area contributed by atoms with E-state index in [-0.39, 0.29) is 24.1 Å². The van der Waals surface area contributed by atoms with E-state index >= 15 is 0 Å². The highest BCUT2D eigenvalue weighted by Gasteiger charge is 2.32. The minimum absolute atomic E-state index is 0.0684. The van der Waals surface area contributed by atoms with Gasteiger partial charge in [0.1, 0.15) is 10.6 Å². The number of carbonyl (C=O) groups excluding carboxylic acids is 4. The van der Waals surface area contributed by atoms with Crippen LogP contribution >= 0.6 is 34.7 Å². The van der Waals surface area contributed by atoms with Gasteiger partial charge in [-0.25, -0.2) is 9.59 Å². The Balaban J connectivity index is 1.41. The number of esters is 1. The first-order valence-electron chi connectivity index (χ1n) is 12.7. The Labute approximate surface area is 251 Å². The summed E-state index contributed by atoms with van der Waals surface area (Å²) in [7, 11) is 1.29. The molecule has 0 saturated carbocycles. The quantitative estimate of drug-likeness (QED) is 0.231. The molecule has 0 fully saturated rings. The number of methoxy groups -OCH3 is 1. The van der Waals surface area contributed by atoms with Crippen LogP contribution in [0.2, 0.25) is 5.02 Å². The van der Waals surface area contributed by atoms with Crippen LogP contribution in [0.5, 0.6) is 0 Å². The molecule has 1 aliphatic rings. The van der Waals surface area contributed by atoms with Crippen LogP contribution in [0.25, 0.3) is 0 Å². The maximum atomic E-state index is 12.9. The van der Waals surface area contributed by atoms with Crippen LogP contribution in [0.3, 0.4) is 0 Å². The van der Waals surface area contributed by atoms with Crippen molar-refractivity contribution in [2.24, 2.45) is 0 Å². The minimum atomic E-state index is -0.623. The van der Waals surface area contributed by atoms with Crippen LogP contribution in [-0.4, -0.2) is 53.8 Å². The molecule has 2 aromatic carbocycles. The summed E-state index contributed by atoms with van der Waals surface area (Å²) in [5, 5.41) is 6.54. The molecule has 2 heterocycles. The van der Waals surface area contributed by atoms with Crippen molar-refractivity contribution in [3.8, 4) is 0 Å². The summed E-state index contributed by atoms with van der Waals surface area (Å²) in [6, 6.07) is 13.8. The van der Waals surface area contributed by atoms with Crippen LogP contribution < -0.4 is 10.6 Å². The first-order chi connectivity index (χ1) is 19.4. The molecule has 12 heteroatoms. The van der Waals surface area contributed by atoms with Crippen molar-refractivity contribution in [3.63, 3.8) is 0 Å². The van der Waals surface area contributed by atoms with Gasteiger partial charge < -0.3 is 25.0 Å². The SMILES string of the molecule is COC(=O)c1c(NC(=O)CSc2cccc(NC(=O)c3cccc(Cl)c3)c2)sc2c1CCN(C(=O)OC(C)(C)C)C2. The fraction of sp³-hybridized carbons (Fsp3) is 0.310. The lowest BCUT2D eigenvalue weighted by atomic mass is 10.0. The Hall–Kier alpha value is -3.54. The second kappa shape index (κ2) is 13.0. The van der Waals surface area contributed by atoms with Crippen molar-refractivity contribution in [1.29, 1.82) is 0 Å². The Morgan fingerprint density at radius 3 is 2.54 bits per heavy atom. The van der Waals surface area contributed by atoms with E-state index in [1.165, 1.54) is 30.2 Å². The summed E-state index contributed by atoms with van der Waals surface area (Å²) >= 11 is 8.52. The second-order valence-corrected chi connectivity index (χ2v) is 12.8. The van der Waals surface area contributed by atoms with Crippen molar-refractivity contribution < 1.29 is 28.7 Å². The van der Waals surface area contributed by atoms with E-state index < -0.39 is 17.7 Å².